The smallest absolute Gasteiger partial charge is 0.396 e. The van der Waals surface area contributed by atoms with Crippen LogP contribution in [0.1, 0.15) is 22.3 Å². The van der Waals surface area contributed by atoms with Gasteiger partial charge in [0.1, 0.15) is 10.1 Å². The molecular formula is C16H22N2O5S. The summed E-state index contributed by atoms with van der Waals surface area (Å²) in [7, 11) is -2.79. The largest absolute Gasteiger partial charge is 0.744 e. The molecule has 0 unspecified atom stereocenters. The Morgan fingerprint density at radius 3 is 2.12 bits per heavy atom. The van der Waals surface area contributed by atoms with Crippen LogP contribution < -0.4 is 15.3 Å². The summed E-state index contributed by atoms with van der Waals surface area (Å²) in [6.45, 7) is 5.11. The minimum Gasteiger partial charge on any atom is -0.744 e. The van der Waals surface area contributed by atoms with Gasteiger partial charge in [-0.2, -0.15) is 0 Å². The molecule has 0 aliphatic heterocycles. The van der Waals surface area contributed by atoms with E-state index in [-0.39, 0.29) is 11.5 Å². The van der Waals surface area contributed by atoms with Crippen molar-refractivity contribution in [3.63, 3.8) is 0 Å². The summed E-state index contributed by atoms with van der Waals surface area (Å²) < 4.78 is 38.7. The number of ether oxygens (including phenoxy) is 1. The zero-order valence-corrected chi connectivity index (χ0v) is 14.9. The number of methoxy groups -OCH3 is 1. The number of aliphatic hydroxyl groups is 1. The van der Waals surface area contributed by atoms with Crippen molar-refractivity contribution in [2.24, 2.45) is 0 Å². The molecule has 0 aliphatic carbocycles. The van der Waals surface area contributed by atoms with E-state index in [9.17, 15) is 13.0 Å². The van der Waals surface area contributed by atoms with Gasteiger partial charge in [-0.1, -0.05) is 22.4 Å². The van der Waals surface area contributed by atoms with Crippen LogP contribution in [0.15, 0.2) is 35.4 Å². The first kappa shape index (κ1) is 19.9. The van der Waals surface area contributed by atoms with Crippen LogP contribution in [0.2, 0.25) is 0 Å². The van der Waals surface area contributed by atoms with E-state index in [1.165, 1.54) is 11.8 Å². The van der Waals surface area contributed by atoms with Gasteiger partial charge in [-0.05, 0) is 38.0 Å². The highest BCUT2D eigenvalue weighted by atomic mass is 32.2. The van der Waals surface area contributed by atoms with Crippen molar-refractivity contribution in [2.45, 2.75) is 32.3 Å². The molecule has 3 N–H and O–H groups in total. The molecule has 0 amide bonds. The Kier molecular flexibility index (Phi) is 6.70. The van der Waals surface area contributed by atoms with Gasteiger partial charge in [0.05, 0.1) is 24.7 Å². The Morgan fingerprint density at radius 2 is 1.75 bits per heavy atom. The third-order valence-corrected chi connectivity index (χ3v) is 4.39. The van der Waals surface area contributed by atoms with E-state index in [0.717, 1.165) is 11.1 Å². The van der Waals surface area contributed by atoms with Crippen LogP contribution in [-0.4, -0.2) is 25.2 Å². The molecule has 2 aromatic rings. The van der Waals surface area contributed by atoms with Gasteiger partial charge in [0.25, 0.3) is 0 Å². The Balaban J connectivity index is 0.000000243. The van der Waals surface area contributed by atoms with E-state index in [1.54, 1.807) is 44.3 Å². The number of aliphatic hydroxyl groups excluding tert-OH is 1. The van der Waals surface area contributed by atoms with Crippen LogP contribution in [0.4, 0.5) is 0 Å². The second kappa shape index (κ2) is 8.09. The molecular weight excluding hydrogens is 332 g/mol. The van der Waals surface area contributed by atoms with Crippen LogP contribution in [0.5, 0.6) is 5.88 Å². The molecule has 0 saturated carbocycles. The number of nitrogens with two attached hydrogens (primary N) is 1. The Hall–Kier alpha value is -2.16. The lowest BCUT2D eigenvalue weighted by Gasteiger charge is -2.14. The monoisotopic (exact) mass is 354 g/mol. The second-order valence-corrected chi connectivity index (χ2v) is 6.64. The van der Waals surface area contributed by atoms with Crippen LogP contribution in [0, 0.1) is 20.8 Å². The van der Waals surface area contributed by atoms with Crippen molar-refractivity contribution in [2.75, 3.05) is 13.0 Å². The number of nitrogen functional groups attached to an aromatic ring is 1. The van der Waals surface area contributed by atoms with Gasteiger partial charge < -0.3 is 14.4 Å². The number of aryl methyl sites for hydroxylation is 3. The lowest BCUT2D eigenvalue weighted by molar-refractivity contribution is -0.645. The van der Waals surface area contributed by atoms with E-state index >= 15 is 0 Å². The Labute approximate surface area is 142 Å². The molecule has 8 heteroatoms. The van der Waals surface area contributed by atoms with Crippen molar-refractivity contribution in [1.29, 1.82) is 0 Å². The third kappa shape index (κ3) is 5.19. The highest BCUT2D eigenvalue weighted by Crippen LogP contribution is 2.20. The van der Waals surface area contributed by atoms with Crippen molar-refractivity contribution < 1.29 is 27.5 Å². The summed E-state index contributed by atoms with van der Waals surface area (Å²) in [5, 5.41) is 8.72. The van der Waals surface area contributed by atoms with Crippen LogP contribution >= 0.6 is 0 Å². The number of benzene rings is 1. The van der Waals surface area contributed by atoms with Gasteiger partial charge >= 0.3 is 5.88 Å². The normalized spacial score (nSPS) is 10.8. The van der Waals surface area contributed by atoms with Gasteiger partial charge in [-0.15, -0.1) is 0 Å². The predicted octanol–water partition coefficient (Wildman–Crippen LogP) is 0.705. The quantitative estimate of drug-likeness (QED) is 0.476. The zero-order chi connectivity index (χ0) is 18.5. The molecule has 1 aromatic carbocycles. The zero-order valence-electron chi connectivity index (χ0n) is 14.1. The van der Waals surface area contributed by atoms with Crippen LogP contribution in [0.25, 0.3) is 0 Å². The molecule has 0 radical (unpaired) electrons. The Bertz CT molecular complexity index is 796. The number of pyridine rings is 1. The molecule has 0 fully saturated rings. The summed E-state index contributed by atoms with van der Waals surface area (Å²) in [5.41, 5.74) is 2.76. The number of nitrogens with zero attached hydrogens (tertiary/aromatic N) is 1. The lowest BCUT2D eigenvalue weighted by Crippen LogP contribution is -2.45. The van der Waals surface area contributed by atoms with Crippen LogP contribution in [0.3, 0.4) is 0 Å². The first-order valence-corrected chi connectivity index (χ1v) is 8.49. The minimum atomic E-state index is -4.33. The number of hydrogen-bond donors (Lipinski definition) is 2. The molecule has 24 heavy (non-hydrogen) atoms. The molecule has 7 nitrogen and oxygen atoms in total. The molecule has 0 aliphatic rings. The lowest BCUT2D eigenvalue weighted by atomic mass is 10.1. The van der Waals surface area contributed by atoms with E-state index in [1.807, 2.05) is 6.92 Å². The first-order chi connectivity index (χ1) is 11.1. The molecule has 0 bridgehead atoms. The number of hydrogen-bond acceptors (Lipinski definition) is 6. The predicted molar refractivity (Wildman–Crippen MR) is 87.9 cm³/mol. The molecule has 0 spiro atoms. The second-order valence-electron chi connectivity index (χ2n) is 5.33. The molecule has 0 saturated heterocycles. The van der Waals surface area contributed by atoms with Gasteiger partial charge in [0, 0.05) is 5.56 Å². The van der Waals surface area contributed by atoms with Crippen molar-refractivity contribution in [3.05, 3.63) is 52.7 Å². The SMILES string of the molecule is COc1ccc(CO)c[n+]1N.Cc1cc(C)c(S(=O)(=O)[O-])c(C)c1. The molecule has 0 atom stereocenters. The van der Waals surface area contributed by atoms with Gasteiger partial charge in [0.15, 0.2) is 0 Å². The fourth-order valence-corrected chi connectivity index (χ4v) is 3.28. The maximum atomic E-state index is 10.8. The van der Waals surface area contributed by atoms with Gasteiger partial charge in [-0.3, -0.25) is 0 Å². The molecule has 132 valence electrons. The summed E-state index contributed by atoms with van der Waals surface area (Å²) in [5.74, 6) is 6.05. The standard InChI is InChI=1S/C9H12O3S.C7H11N2O2/c1-6-4-7(2)9(8(3)5-6)13(10,11)12;1-11-7-3-2-6(5-10)4-9(7)8/h4-5H,1-3H3,(H,10,11,12);2-4,10H,5,8H2,1H3/q;+1/p-1. The minimum absolute atomic E-state index is 0.0127. The van der Waals surface area contributed by atoms with E-state index in [2.05, 4.69) is 0 Å². The topological polar surface area (TPSA) is 117 Å². The summed E-state index contributed by atoms with van der Waals surface area (Å²) in [6.07, 6.45) is 1.61. The average molecular weight is 354 g/mol. The fourth-order valence-electron chi connectivity index (χ4n) is 2.38. The van der Waals surface area contributed by atoms with Crippen molar-refractivity contribution in [1.82, 2.24) is 0 Å². The summed E-state index contributed by atoms with van der Waals surface area (Å²) in [4.78, 5) is -0.0851. The molecule has 1 aromatic heterocycles. The summed E-state index contributed by atoms with van der Waals surface area (Å²) >= 11 is 0. The average Bonchev–Trinajstić information content (AvgIpc) is 2.45. The number of rotatable bonds is 3. The van der Waals surface area contributed by atoms with E-state index in [4.69, 9.17) is 15.7 Å². The molecule has 1 heterocycles. The molecule has 2 rings (SSSR count). The maximum absolute atomic E-state index is 10.8. The van der Waals surface area contributed by atoms with Crippen LogP contribution in [-0.2, 0) is 16.7 Å². The fraction of sp³-hybridized carbons (Fsp3) is 0.312. The first-order valence-electron chi connectivity index (χ1n) is 7.08. The Morgan fingerprint density at radius 1 is 1.21 bits per heavy atom. The van der Waals surface area contributed by atoms with Crippen molar-refractivity contribution in [3.8, 4) is 5.88 Å². The van der Waals surface area contributed by atoms with Crippen molar-refractivity contribution >= 4 is 10.1 Å². The van der Waals surface area contributed by atoms with E-state index in [0.29, 0.717) is 17.0 Å². The maximum Gasteiger partial charge on any atom is 0.396 e. The highest BCUT2D eigenvalue weighted by Gasteiger charge is 2.09. The van der Waals surface area contributed by atoms with Gasteiger partial charge in [-0.25, -0.2) is 14.3 Å². The van der Waals surface area contributed by atoms with Gasteiger partial charge in [0.2, 0.25) is 6.20 Å². The highest BCUT2D eigenvalue weighted by molar-refractivity contribution is 7.85. The number of aromatic nitrogens is 1. The third-order valence-electron chi connectivity index (χ3n) is 3.25. The summed E-state index contributed by atoms with van der Waals surface area (Å²) in [6, 6.07) is 6.84. The van der Waals surface area contributed by atoms with E-state index < -0.39 is 10.1 Å².